The highest BCUT2D eigenvalue weighted by Crippen LogP contribution is 2.36. The fourth-order valence-electron chi connectivity index (χ4n) is 1.76. The van der Waals surface area contributed by atoms with E-state index in [0.717, 1.165) is 12.1 Å². The monoisotopic (exact) mass is 342 g/mol. The van der Waals surface area contributed by atoms with Crippen molar-refractivity contribution in [2.24, 2.45) is 0 Å². The number of carbonyl (C=O) groups is 1. The Morgan fingerprint density at radius 2 is 2.08 bits per heavy atom. The molecule has 1 atom stereocenters. The number of aromatic hydroxyl groups is 1. The summed E-state index contributed by atoms with van der Waals surface area (Å²) in [5.41, 5.74) is -0.995. The predicted octanol–water partition coefficient (Wildman–Crippen LogP) is 1.27. The lowest BCUT2D eigenvalue weighted by Crippen LogP contribution is -2.41. The molecule has 1 aromatic carbocycles. The second-order valence-corrected chi connectivity index (χ2v) is 5.84. The first-order valence-electron chi connectivity index (χ1n) is 7.21. The number of rotatable bonds is 8. The Balaban J connectivity index is 2.80. The third kappa shape index (κ3) is 5.36. The summed E-state index contributed by atoms with van der Waals surface area (Å²) in [6.45, 7) is 4.74. The molecule has 1 unspecified atom stereocenters. The average molecular weight is 342 g/mol. The zero-order valence-electron chi connectivity index (χ0n) is 14.0. The first kappa shape index (κ1) is 19.7. The molecular formula is C15H22N2O7. The van der Waals surface area contributed by atoms with Gasteiger partial charge in [0, 0.05) is 13.7 Å². The minimum Gasteiger partial charge on any atom is -0.504 e. The summed E-state index contributed by atoms with van der Waals surface area (Å²) in [6.07, 6.45) is -1.13. The van der Waals surface area contributed by atoms with Crippen molar-refractivity contribution in [3.8, 4) is 11.5 Å². The van der Waals surface area contributed by atoms with Crippen molar-refractivity contribution < 1.29 is 29.4 Å². The third-order valence-corrected chi connectivity index (χ3v) is 3.38. The number of nitro groups is 1. The number of amides is 1. The van der Waals surface area contributed by atoms with Crippen LogP contribution in [0.15, 0.2) is 12.1 Å². The Bertz CT molecular complexity index is 614. The third-order valence-electron chi connectivity index (χ3n) is 3.38. The maximum atomic E-state index is 11.7. The van der Waals surface area contributed by atoms with Gasteiger partial charge >= 0.3 is 0 Å². The van der Waals surface area contributed by atoms with Gasteiger partial charge in [-0.05, 0) is 26.8 Å². The lowest BCUT2D eigenvalue weighted by Gasteiger charge is -2.23. The molecule has 1 aromatic rings. The van der Waals surface area contributed by atoms with Crippen LogP contribution in [0.25, 0.3) is 0 Å². The first-order chi connectivity index (χ1) is 11.1. The maximum absolute atomic E-state index is 11.7. The van der Waals surface area contributed by atoms with E-state index < -0.39 is 40.6 Å². The van der Waals surface area contributed by atoms with E-state index in [0.29, 0.717) is 0 Å². The van der Waals surface area contributed by atoms with Crippen LogP contribution in [0, 0.1) is 10.1 Å². The number of benzene rings is 1. The standard InChI is InChI=1S/C15H22N2O7/c1-9(18)10-5-12(19)13(6-11(10)17(21)22)24-7-14(20)16-8-15(2,3)23-4/h5-6,9,18-19H,7-8H2,1-4H3,(H,16,20). The molecule has 24 heavy (non-hydrogen) atoms. The molecule has 1 amide bonds. The minimum atomic E-state index is -1.13. The number of aliphatic hydroxyl groups is 1. The van der Waals surface area contributed by atoms with Crippen molar-refractivity contribution in [1.82, 2.24) is 5.32 Å². The van der Waals surface area contributed by atoms with Gasteiger partial charge in [-0.25, -0.2) is 0 Å². The number of phenolic OH excluding ortho intramolecular Hbond substituents is 1. The van der Waals surface area contributed by atoms with Crippen molar-refractivity contribution >= 4 is 11.6 Å². The van der Waals surface area contributed by atoms with Crippen LogP contribution < -0.4 is 10.1 Å². The molecule has 0 spiro atoms. The quantitative estimate of drug-likeness (QED) is 0.479. The summed E-state index contributed by atoms with van der Waals surface area (Å²) in [7, 11) is 1.52. The molecule has 0 aliphatic heterocycles. The largest absolute Gasteiger partial charge is 0.504 e. The van der Waals surface area contributed by atoms with Gasteiger partial charge in [0.25, 0.3) is 11.6 Å². The van der Waals surface area contributed by atoms with E-state index in [-0.39, 0.29) is 17.9 Å². The Morgan fingerprint density at radius 1 is 1.46 bits per heavy atom. The second kappa shape index (κ2) is 7.93. The number of aliphatic hydroxyl groups excluding tert-OH is 1. The van der Waals surface area contributed by atoms with Crippen molar-refractivity contribution in [3.63, 3.8) is 0 Å². The van der Waals surface area contributed by atoms with Crippen LogP contribution in [0.4, 0.5) is 5.69 Å². The fraction of sp³-hybridized carbons (Fsp3) is 0.533. The number of hydrogen-bond donors (Lipinski definition) is 3. The molecule has 0 bridgehead atoms. The van der Waals surface area contributed by atoms with E-state index in [4.69, 9.17) is 9.47 Å². The number of nitrogens with zero attached hydrogens (tertiary/aromatic N) is 1. The van der Waals surface area contributed by atoms with Gasteiger partial charge in [-0.1, -0.05) is 0 Å². The van der Waals surface area contributed by atoms with E-state index in [1.165, 1.54) is 14.0 Å². The highest BCUT2D eigenvalue weighted by molar-refractivity contribution is 5.77. The normalized spacial score (nSPS) is 12.5. The number of nitrogens with one attached hydrogen (secondary N) is 1. The van der Waals surface area contributed by atoms with Crippen molar-refractivity contribution in [3.05, 3.63) is 27.8 Å². The molecule has 9 nitrogen and oxygen atoms in total. The van der Waals surface area contributed by atoms with Crippen LogP contribution in [0.3, 0.4) is 0 Å². The number of phenols is 1. The number of carbonyl (C=O) groups excluding carboxylic acids is 1. The zero-order chi connectivity index (χ0) is 18.5. The SMILES string of the molecule is COC(C)(C)CNC(=O)COc1cc([N+](=O)[O-])c(C(C)O)cc1O. The van der Waals surface area contributed by atoms with Crippen LogP contribution in [0.5, 0.6) is 11.5 Å². The van der Waals surface area contributed by atoms with Gasteiger partial charge < -0.3 is 25.0 Å². The molecule has 0 saturated carbocycles. The fourth-order valence-corrected chi connectivity index (χ4v) is 1.76. The zero-order valence-corrected chi connectivity index (χ0v) is 14.0. The number of hydrogen-bond acceptors (Lipinski definition) is 7. The van der Waals surface area contributed by atoms with Crippen molar-refractivity contribution in [2.75, 3.05) is 20.3 Å². The van der Waals surface area contributed by atoms with E-state index in [2.05, 4.69) is 5.32 Å². The van der Waals surface area contributed by atoms with Gasteiger partial charge in [0.15, 0.2) is 18.1 Å². The molecular weight excluding hydrogens is 320 g/mol. The molecule has 0 radical (unpaired) electrons. The number of methoxy groups -OCH3 is 1. The Labute approximate surface area is 139 Å². The molecule has 9 heteroatoms. The van der Waals surface area contributed by atoms with E-state index >= 15 is 0 Å². The molecule has 0 aliphatic rings. The minimum absolute atomic E-state index is 0.0452. The van der Waals surface area contributed by atoms with Gasteiger partial charge in [0.2, 0.25) is 0 Å². The molecule has 0 saturated heterocycles. The smallest absolute Gasteiger partial charge is 0.279 e. The molecule has 3 N–H and O–H groups in total. The van der Waals surface area contributed by atoms with E-state index in [9.17, 15) is 25.1 Å². The Hall–Kier alpha value is -2.39. The number of ether oxygens (including phenoxy) is 2. The van der Waals surface area contributed by atoms with Gasteiger partial charge in [-0.2, -0.15) is 0 Å². The topological polar surface area (TPSA) is 131 Å². The second-order valence-electron chi connectivity index (χ2n) is 5.84. The highest BCUT2D eigenvalue weighted by atomic mass is 16.6. The summed E-state index contributed by atoms with van der Waals surface area (Å²) in [5.74, 6) is -1.09. The maximum Gasteiger partial charge on any atom is 0.279 e. The van der Waals surface area contributed by atoms with Crippen LogP contribution in [0.1, 0.15) is 32.4 Å². The van der Waals surface area contributed by atoms with Crippen LogP contribution in [-0.2, 0) is 9.53 Å². The van der Waals surface area contributed by atoms with Crippen LogP contribution in [-0.4, -0.2) is 46.9 Å². The van der Waals surface area contributed by atoms with Gasteiger partial charge in [0.05, 0.1) is 28.3 Å². The van der Waals surface area contributed by atoms with Gasteiger partial charge in [0.1, 0.15) is 0 Å². The van der Waals surface area contributed by atoms with Crippen LogP contribution in [0.2, 0.25) is 0 Å². The molecule has 1 rings (SSSR count). The average Bonchev–Trinajstić information content (AvgIpc) is 2.51. The number of nitro benzene ring substituents is 1. The highest BCUT2D eigenvalue weighted by Gasteiger charge is 2.23. The molecule has 0 aliphatic carbocycles. The van der Waals surface area contributed by atoms with E-state index in [1.807, 2.05) is 0 Å². The van der Waals surface area contributed by atoms with Gasteiger partial charge in [-0.3, -0.25) is 14.9 Å². The Kier molecular flexibility index (Phi) is 6.50. The van der Waals surface area contributed by atoms with Gasteiger partial charge in [-0.15, -0.1) is 0 Å². The summed E-state index contributed by atoms with van der Waals surface area (Å²) in [5, 5.41) is 33.0. The summed E-state index contributed by atoms with van der Waals surface area (Å²) in [4.78, 5) is 22.1. The molecule has 134 valence electrons. The van der Waals surface area contributed by atoms with Crippen molar-refractivity contribution in [1.29, 1.82) is 0 Å². The molecule has 0 heterocycles. The Morgan fingerprint density at radius 3 is 2.58 bits per heavy atom. The van der Waals surface area contributed by atoms with Crippen LogP contribution >= 0.6 is 0 Å². The lowest BCUT2D eigenvalue weighted by atomic mass is 10.1. The summed E-state index contributed by atoms with van der Waals surface area (Å²) in [6, 6.07) is 2.02. The summed E-state index contributed by atoms with van der Waals surface area (Å²) < 4.78 is 10.3. The molecule has 0 aromatic heterocycles. The van der Waals surface area contributed by atoms with Crippen molar-refractivity contribution in [2.45, 2.75) is 32.5 Å². The predicted molar refractivity (Wildman–Crippen MR) is 85.0 cm³/mol. The first-order valence-corrected chi connectivity index (χ1v) is 7.21. The lowest BCUT2D eigenvalue weighted by molar-refractivity contribution is -0.386. The molecule has 0 fully saturated rings. The summed E-state index contributed by atoms with van der Waals surface area (Å²) >= 11 is 0. The van der Waals surface area contributed by atoms with E-state index in [1.54, 1.807) is 13.8 Å².